The second-order valence-corrected chi connectivity index (χ2v) is 8.43. The normalized spacial score (nSPS) is 25.2. The van der Waals surface area contributed by atoms with Crippen LogP contribution in [0.3, 0.4) is 0 Å². The molecule has 0 aromatic heterocycles. The van der Waals surface area contributed by atoms with Gasteiger partial charge in [-0.05, 0) is 30.1 Å². The first-order valence-corrected chi connectivity index (χ1v) is 9.56. The average molecular weight is 414 g/mol. The van der Waals surface area contributed by atoms with Crippen molar-refractivity contribution >= 4 is 17.7 Å². The minimum atomic E-state index is -2.44. The predicted octanol–water partition coefficient (Wildman–Crippen LogP) is 2.98. The summed E-state index contributed by atoms with van der Waals surface area (Å²) in [5.41, 5.74) is -2.56. The summed E-state index contributed by atoms with van der Waals surface area (Å²) < 4.78 is 21.7. The number of carbonyl (C=O) groups excluding carboxylic acids is 3. The third kappa shape index (κ3) is 3.18. The van der Waals surface area contributed by atoms with Gasteiger partial charge >= 0.3 is 17.5 Å². The Hall–Kier alpha value is -2.77. The van der Waals surface area contributed by atoms with E-state index in [4.69, 9.17) is 18.9 Å². The maximum atomic E-state index is 13.4. The highest BCUT2D eigenvalue weighted by atomic mass is 16.8. The minimum absolute atomic E-state index is 0.331. The number of hydrogen-bond donors (Lipinski definition) is 0. The number of rotatable bonds is 3. The van der Waals surface area contributed by atoms with Crippen molar-refractivity contribution in [2.24, 2.45) is 5.41 Å². The Morgan fingerprint density at radius 3 is 2.03 bits per heavy atom. The number of ether oxygens (including phenoxy) is 4. The van der Waals surface area contributed by atoms with Gasteiger partial charge in [0.2, 0.25) is 5.60 Å². The summed E-state index contributed by atoms with van der Waals surface area (Å²) in [4.78, 5) is 39.3. The summed E-state index contributed by atoms with van der Waals surface area (Å²) in [6, 6.07) is 7.15. The number of esters is 2. The third-order valence-electron chi connectivity index (χ3n) is 5.41. The number of methoxy groups -OCH3 is 2. The van der Waals surface area contributed by atoms with E-state index in [9.17, 15) is 14.4 Å². The molecular weight excluding hydrogens is 388 g/mol. The van der Waals surface area contributed by atoms with Crippen LogP contribution in [-0.2, 0) is 33.3 Å². The summed E-state index contributed by atoms with van der Waals surface area (Å²) >= 11 is 0. The molecule has 0 saturated carbocycles. The minimum Gasteiger partial charge on any atom is -0.466 e. The van der Waals surface area contributed by atoms with Gasteiger partial charge in [0, 0.05) is 5.56 Å². The number of aryl methyl sites for hydroxylation is 1. The molecule has 1 aromatic carbocycles. The van der Waals surface area contributed by atoms with Crippen LogP contribution in [-0.4, -0.2) is 43.1 Å². The Morgan fingerprint density at radius 1 is 1.00 bits per heavy atom. The molecule has 1 saturated heterocycles. The van der Waals surface area contributed by atoms with E-state index >= 15 is 0 Å². The molecule has 30 heavy (non-hydrogen) atoms. The van der Waals surface area contributed by atoms with E-state index in [2.05, 4.69) is 0 Å². The van der Waals surface area contributed by atoms with Crippen LogP contribution < -0.4 is 0 Å². The predicted molar refractivity (Wildman–Crippen MR) is 107 cm³/mol. The zero-order chi connectivity index (χ0) is 22.3. The Balaban J connectivity index is 2.19. The van der Waals surface area contributed by atoms with Gasteiger partial charge in [0.1, 0.15) is 0 Å². The van der Waals surface area contributed by atoms with Crippen molar-refractivity contribution in [2.45, 2.75) is 45.2 Å². The first-order chi connectivity index (χ1) is 14.0. The van der Waals surface area contributed by atoms with Crippen molar-refractivity contribution in [3.63, 3.8) is 0 Å². The van der Waals surface area contributed by atoms with Crippen molar-refractivity contribution in [2.75, 3.05) is 14.2 Å². The molecule has 0 N–H and O–H groups in total. The summed E-state index contributed by atoms with van der Waals surface area (Å²) in [6.07, 6.45) is 3.28. The third-order valence-corrected chi connectivity index (χ3v) is 5.41. The van der Waals surface area contributed by atoms with Gasteiger partial charge in [-0.2, -0.15) is 0 Å². The smallest absolute Gasteiger partial charge is 0.354 e. The highest BCUT2D eigenvalue weighted by molar-refractivity contribution is 6.16. The Kier molecular flexibility index (Phi) is 5.47. The molecule has 160 valence electrons. The van der Waals surface area contributed by atoms with Crippen LogP contribution in [0.4, 0.5) is 0 Å². The van der Waals surface area contributed by atoms with Crippen LogP contribution in [0.5, 0.6) is 0 Å². The number of ketones is 1. The van der Waals surface area contributed by atoms with E-state index in [0.29, 0.717) is 5.56 Å². The lowest BCUT2D eigenvalue weighted by Crippen LogP contribution is -2.66. The largest absolute Gasteiger partial charge is 0.466 e. The van der Waals surface area contributed by atoms with Crippen LogP contribution in [0, 0.1) is 12.3 Å². The summed E-state index contributed by atoms with van der Waals surface area (Å²) in [7, 11) is 2.22. The van der Waals surface area contributed by atoms with E-state index in [1.165, 1.54) is 12.2 Å². The molecular formula is C23H26O7. The van der Waals surface area contributed by atoms with Gasteiger partial charge in [-0.15, -0.1) is 0 Å². The molecule has 2 aliphatic rings. The van der Waals surface area contributed by atoms with Crippen LogP contribution in [0.15, 0.2) is 48.1 Å². The Morgan fingerprint density at radius 2 is 1.57 bits per heavy atom. The lowest BCUT2D eigenvalue weighted by molar-refractivity contribution is -0.190. The van der Waals surface area contributed by atoms with Gasteiger partial charge in [0.05, 0.1) is 14.2 Å². The molecule has 7 nitrogen and oxygen atoms in total. The lowest BCUT2D eigenvalue weighted by Gasteiger charge is -2.36. The fraction of sp³-hybridized carbons (Fsp3) is 0.435. The van der Waals surface area contributed by atoms with Gasteiger partial charge in [-0.25, -0.2) is 9.59 Å². The van der Waals surface area contributed by atoms with Crippen molar-refractivity contribution < 1.29 is 33.3 Å². The Labute approximate surface area is 175 Å². The molecule has 1 spiro atoms. The maximum Gasteiger partial charge on any atom is 0.354 e. The molecule has 0 amide bonds. The first-order valence-electron chi connectivity index (χ1n) is 9.56. The van der Waals surface area contributed by atoms with E-state index in [1.807, 2.05) is 39.8 Å². The maximum absolute atomic E-state index is 13.4. The molecule has 1 fully saturated rings. The zero-order valence-corrected chi connectivity index (χ0v) is 18.0. The highest BCUT2D eigenvalue weighted by Crippen LogP contribution is 2.50. The molecule has 7 heteroatoms. The molecule has 0 radical (unpaired) electrons. The quantitative estimate of drug-likeness (QED) is 0.555. The summed E-state index contributed by atoms with van der Waals surface area (Å²) in [5.74, 6) is -2.75. The number of carbonyl (C=O) groups is 3. The van der Waals surface area contributed by atoms with E-state index in [0.717, 1.165) is 25.4 Å². The summed E-state index contributed by atoms with van der Waals surface area (Å²) in [5, 5.41) is 0. The van der Waals surface area contributed by atoms with Gasteiger partial charge in [-0.1, -0.05) is 56.7 Å². The van der Waals surface area contributed by atoms with Crippen LogP contribution in [0.1, 0.15) is 38.2 Å². The second-order valence-electron chi connectivity index (χ2n) is 8.43. The standard InChI is InChI=1S/C23H26O7/c1-14-7-9-15(10-8-14)18-29-22(12-11-16(13-17(22)24)21(2,3)4)23(30-18,19(25)27-5)20(26)28-6/h7-13,18H,1-6H3/t18-,22+/m1/s1. The van der Waals surface area contributed by atoms with Crippen molar-refractivity contribution in [3.05, 3.63) is 59.2 Å². The first kappa shape index (κ1) is 21.9. The molecule has 0 bridgehead atoms. The number of benzene rings is 1. The highest BCUT2D eigenvalue weighted by Gasteiger charge is 2.74. The fourth-order valence-electron chi connectivity index (χ4n) is 3.59. The van der Waals surface area contributed by atoms with Crippen LogP contribution >= 0.6 is 0 Å². The van der Waals surface area contributed by atoms with Crippen molar-refractivity contribution in [1.82, 2.24) is 0 Å². The molecule has 2 atom stereocenters. The van der Waals surface area contributed by atoms with Gasteiger partial charge in [0.25, 0.3) is 0 Å². The van der Waals surface area contributed by atoms with Crippen LogP contribution in [0.25, 0.3) is 0 Å². The topological polar surface area (TPSA) is 88.1 Å². The molecule has 3 rings (SSSR count). The van der Waals surface area contributed by atoms with Gasteiger partial charge in [0.15, 0.2) is 12.1 Å². The van der Waals surface area contributed by atoms with Crippen molar-refractivity contribution in [3.8, 4) is 0 Å². The van der Waals surface area contributed by atoms with E-state index < -0.39 is 35.2 Å². The van der Waals surface area contributed by atoms with Gasteiger partial charge < -0.3 is 18.9 Å². The van der Waals surface area contributed by atoms with E-state index in [1.54, 1.807) is 18.2 Å². The molecule has 1 aliphatic carbocycles. The van der Waals surface area contributed by atoms with Crippen molar-refractivity contribution in [1.29, 1.82) is 0 Å². The molecule has 0 unspecified atom stereocenters. The van der Waals surface area contributed by atoms with E-state index in [-0.39, 0.29) is 5.41 Å². The molecule has 1 aliphatic heterocycles. The van der Waals surface area contributed by atoms with Gasteiger partial charge in [-0.3, -0.25) is 4.79 Å². The summed E-state index contributed by atoms with van der Waals surface area (Å²) in [6.45, 7) is 7.76. The lowest BCUT2D eigenvalue weighted by atomic mass is 9.72. The molecule has 1 heterocycles. The monoisotopic (exact) mass is 414 g/mol. The number of allylic oxidation sites excluding steroid dienone is 2. The van der Waals surface area contributed by atoms with Crippen LogP contribution in [0.2, 0.25) is 0 Å². The Bertz CT molecular complexity index is 917. The zero-order valence-electron chi connectivity index (χ0n) is 18.0. The second kappa shape index (κ2) is 7.49. The number of hydrogen-bond acceptors (Lipinski definition) is 7. The fourth-order valence-corrected chi connectivity index (χ4v) is 3.59. The average Bonchev–Trinajstić information content (AvgIpc) is 3.05. The molecule has 1 aromatic rings. The SMILES string of the molecule is COC(=O)C1(C(=O)OC)O[C@H](c2ccc(C)cc2)O[C@]12C=CC(C(C)(C)C)=CC2=O.